The number of nitrogens with two attached hydrogens (primary N) is 1. The van der Waals surface area contributed by atoms with Crippen LogP contribution in [0.3, 0.4) is 0 Å². The molecule has 0 radical (unpaired) electrons. The van der Waals surface area contributed by atoms with Crippen LogP contribution in [0.5, 0.6) is 0 Å². The third-order valence-electron chi connectivity index (χ3n) is 3.78. The van der Waals surface area contributed by atoms with Gasteiger partial charge in [-0.3, -0.25) is 14.5 Å². The second kappa shape index (κ2) is 11.9. The van der Waals surface area contributed by atoms with Crippen molar-refractivity contribution in [2.24, 2.45) is 17.6 Å². The molecule has 1 atom stereocenters. The van der Waals surface area contributed by atoms with Gasteiger partial charge in [0.05, 0.1) is 12.6 Å². The van der Waals surface area contributed by atoms with Crippen LogP contribution in [0.25, 0.3) is 0 Å². The minimum atomic E-state index is -0.555. The van der Waals surface area contributed by atoms with Crippen LogP contribution in [0.2, 0.25) is 0 Å². The van der Waals surface area contributed by atoms with Gasteiger partial charge in [-0.1, -0.05) is 27.7 Å². The van der Waals surface area contributed by atoms with E-state index in [9.17, 15) is 9.59 Å². The molecular formula is C15H32Cl2N4O2. The summed E-state index contributed by atoms with van der Waals surface area (Å²) in [6.45, 7) is 12.6. The Balaban J connectivity index is 0. The van der Waals surface area contributed by atoms with Gasteiger partial charge >= 0.3 is 0 Å². The molecule has 8 heteroatoms. The molecule has 6 nitrogen and oxygen atoms in total. The maximum atomic E-state index is 12.1. The smallest absolute Gasteiger partial charge is 0.242 e. The van der Waals surface area contributed by atoms with Gasteiger partial charge < -0.3 is 16.0 Å². The Kier molecular flexibility index (Phi) is 12.8. The number of hydrogen-bond donors (Lipinski definition) is 2. The fraction of sp³-hybridized carbons (Fsp3) is 0.867. The van der Waals surface area contributed by atoms with E-state index in [1.165, 1.54) is 0 Å². The first kappa shape index (κ1) is 24.7. The Labute approximate surface area is 152 Å². The minimum absolute atomic E-state index is 0. The number of piperazine rings is 1. The molecular weight excluding hydrogens is 339 g/mol. The molecule has 138 valence electrons. The molecule has 1 saturated heterocycles. The SMILES string of the molecule is CC(C)CN1CCN(C(=O)CNC(=O)[C@@H](N)C(C)C)CC1.Cl.Cl. The van der Waals surface area contributed by atoms with Gasteiger partial charge in [-0.05, 0) is 11.8 Å². The van der Waals surface area contributed by atoms with Crippen molar-refractivity contribution in [3.63, 3.8) is 0 Å². The molecule has 0 aromatic rings. The normalized spacial score (nSPS) is 16.6. The Bertz CT molecular complexity index is 359. The summed E-state index contributed by atoms with van der Waals surface area (Å²) >= 11 is 0. The van der Waals surface area contributed by atoms with E-state index in [1.807, 2.05) is 18.7 Å². The van der Waals surface area contributed by atoms with E-state index >= 15 is 0 Å². The second-order valence-electron chi connectivity index (χ2n) is 6.56. The predicted molar refractivity (Wildman–Crippen MR) is 98.2 cm³/mol. The Hall–Kier alpha value is -0.560. The third kappa shape index (κ3) is 8.74. The number of carbonyl (C=O) groups excluding carboxylic acids is 2. The van der Waals surface area contributed by atoms with Crippen LogP contribution in [0.15, 0.2) is 0 Å². The predicted octanol–water partition coefficient (Wildman–Crippen LogP) is 0.730. The van der Waals surface area contributed by atoms with Gasteiger partial charge in [0.25, 0.3) is 0 Å². The fourth-order valence-corrected chi connectivity index (χ4v) is 2.39. The second-order valence-corrected chi connectivity index (χ2v) is 6.56. The Morgan fingerprint density at radius 1 is 1.04 bits per heavy atom. The summed E-state index contributed by atoms with van der Waals surface area (Å²) in [5, 5.41) is 2.64. The lowest BCUT2D eigenvalue weighted by molar-refractivity contribution is -0.134. The summed E-state index contributed by atoms with van der Waals surface area (Å²) in [7, 11) is 0. The highest BCUT2D eigenvalue weighted by Gasteiger charge is 2.23. The summed E-state index contributed by atoms with van der Waals surface area (Å²) in [4.78, 5) is 28.0. The van der Waals surface area contributed by atoms with Crippen LogP contribution < -0.4 is 11.1 Å². The first-order chi connectivity index (χ1) is 9.81. The van der Waals surface area contributed by atoms with E-state index in [2.05, 4.69) is 24.1 Å². The number of hydrogen-bond acceptors (Lipinski definition) is 4. The van der Waals surface area contributed by atoms with Crippen LogP contribution in [0.1, 0.15) is 27.7 Å². The van der Waals surface area contributed by atoms with E-state index in [1.54, 1.807) is 0 Å². The molecule has 1 heterocycles. The highest BCUT2D eigenvalue weighted by atomic mass is 35.5. The molecule has 3 N–H and O–H groups in total. The monoisotopic (exact) mass is 370 g/mol. The molecule has 0 unspecified atom stereocenters. The van der Waals surface area contributed by atoms with Crippen molar-refractivity contribution in [2.45, 2.75) is 33.7 Å². The summed E-state index contributed by atoms with van der Waals surface area (Å²) < 4.78 is 0. The van der Waals surface area contributed by atoms with Crippen LogP contribution in [-0.2, 0) is 9.59 Å². The molecule has 0 aromatic heterocycles. The zero-order valence-corrected chi connectivity index (χ0v) is 16.2. The summed E-state index contributed by atoms with van der Waals surface area (Å²) in [6, 6.07) is -0.555. The maximum absolute atomic E-state index is 12.1. The van der Waals surface area contributed by atoms with Crippen LogP contribution >= 0.6 is 24.8 Å². The van der Waals surface area contributed by atoms with Gasteiger partial charge in [-0.2, -0.15) is 0 Å². The Morgan fingerprint density at radius 3 is 2.00 bits per heavy atom. The first-order valence-corrected chi connectivity index (χ1v) is 7.84. The van der Waals surface area contributed by atoms with Gasteiger partial charge in [0.15, 0.2) is 0 Å². The van der Waals surface area contributed by atoms with Crippen molar-refractivity contribution in [3.8, 4) is 0 Å². The highest BCUT2D eigenvalue weighted by Crippen LogP contribution is 2.05. The molecule has 1 fully saturated rings. The number of rotatable bonds is 6. The standard InChI is InChI=1S/C15H30N4O2.2ClH/c1-11(2)10-18-5-7-19(8-6-18)13(20)9-17-15(21)14(16)12(3)4;;/h11-12,14H,5-10,16H2,1-4H3,(H,17,21);2*1H/t14-;;/m0../s1. The lowest BCUT2D eigenvalue weighted by Crippen LogP contribution is -2.53. The van der Waals surface area contributed by atoms with Gasteiger partial charge in [-0.25, -0.2) is 0 Å². The Morgan fingerprint density at radius 2 is 1.57 bits per heavy atom. The van der Waals surface area contributed by atoms with E-state index in [0.717, 1.165) is 32.7 Å². The molecule has 0 aliphatic carbocycles. The van der Waals surface area contributed by atoms with Crippen molar-refractivity contribution in [1.82, 2.24) is 15.1 Å². The largest absolute Gasteiger partial charge is 0.346 e. The zero-order chi connectivity index (χ0) is 16.0. The minimum Gasteiger partial charge on any atom is -0.346 e. The van der Waals surface area contributed by atoms with Gasteiger partial charge in [0.2, 0.25) is 11.8 Å². The van der Waals surface area contributed by atoms with Crippen LogP contribution in [-0.4, -0.2) is 66.9 Å². The van der Waals surface area contributed by atoms with Gasteiger partial charge in [0.1, 0.15) is 0 Å². The average molecular weight is 371 g/mol. The van der Waals surface area contributed by atoms with Gasteiger partial charge in [-0.15, -0.1) is 24.8 Å². The van der Waals surface area contributed by atoms with Crippen molar-refractivity contribution < 1.29 is 9.59 Å². The number of halogens is 2. The number of carbonyl (C=O) groups is 2. The topological polar surface area (TPSA) is 78.7 Å². The van der Waals surface area contributed by atoms with E-state index < -0.39 is 6.04 Å². The summed E-state index contributed by atoms with van der Waals surface area (Å²) in [6.07, 6.45) is 0. The van der Waals surface area contributed by atoms with Crippen molar-refractivity contribution >= 4 is 36.6 Å². The van der Waals surface area contributed by atoms with E-state index in [4.69, 9.17) is 5.73 Å². The highest BCUT2D eigenvalue weighted by molar-refractivity contribution is 5.87. The quantitative estimate of drug-likeness (QED) is 0.722. The zero-order valence-electron chi connectivity index (χ0n) is 14.6. The summed E-state index contributed by atoms with van der Waals surface area (Å²) in [5.41, 5.74) is 5.75. The molecule has 23 heavy (non-hydrogen) atoms. The number of amides is 2. The number of nitrogens with one attached hydrogen (secondary N) is 1. The van der Waals surface area contributed by atoms with Crippen molar-refractivity contribution in [2.75, 3.05) is 39.3 Å². The molecule has 1 aliphatic heterocycles. The van der Waals surface area contributed by atoms with E-state index in [0.29, 0.717) is 5.92 Å². The van der Waals surface area contributed by atoms with Crippen LogP contribution in [0, 0.1) is 11.8 Å². The maximum Gasteiger partial charge on any atom is 0.242 e. The fourth-order valence-electron chi connectivity index (χ4n) is 2.39. The molecule has 0 bridgehead atoms. The molecule has 0 spiro atoms. The van der Waals surface area contributed by atoms with E-state index in [-0.39, 0.29) is 49.1 Å². The molecule has 0 saturated carbocycles. The third-order valence-corrected chi connectivity index (χ3v) is 3.78. The number of nitrogens with zero attached hydrogens (tertiary/aromatic N) is 2. The lowest BCUT2D eigenvalue weighted by Gasteiger charge is -2.35. The van der Waals surface area contributed by atoms with Gasteiger partial charge in [0, 0.05) is 32.7 Å². The molecule has 1 rings (SSSR count). The first-order valence-electron chi connectivity index (χ1n) is 7.84. The van der Waals surface area contributed by atoms with Crippen LogP contribution in [0.4, 0.5) is 0 Å². The molecule has 2 amide bonds. The van der Waals surface area contributed by atoms with Crippen molar-refractivity contribution in [3.05, 3.63) is 0 Å². The molecule has 1 aliphatic rings. The van der Waals surface area contributed by atoms with Crippen molar-refractivity contribution in [1.29, 1.82) is 0 Å². The summed E-state index contributed by atoms with van der Waals surface area (Å²) in [5.74, 6) is 0.434. The molecule has 0 aromatic carbocycles. The average Bonchev–Trinajstić information content (AvgIpc) is 2.43. The lowest BCUT2D eigenvalue weighted by atomic mass is 10.1.